The molecule has 0 aliphatic rings. The molecule has 0 aromatic carbocycles. The van der Waals surface area contributed by atoms with E-state index >= 15 is 0 Å². The molecule has 2 heteroatoms. The zero-order valence-electron chi connectivity index (χ0n) is 4.57. The second-order valence-corrected chi connectivity index (χ2v) is 0.500. The fourth-order valence-corrected chi connectivity index (χ4v) is 0. The molecule has 6 heavy (non-hydrogen) atoms. The van der Waals surface area contributed by atoms with E-state index in [4.69, 9.17) is 5.11 Å². The zero-order valence-corrected chi connectivity index (χ0v) is 5.98. The quantitative estimate of drug-likeness (QED) is 0.346. The first-order valence-electron chi connectivity index (χ1n) is 1.65. The Morgan fingerprint density at radius 3 is 1.50 bits per heavy atom. The van der Waals surface area contributed by atoms with E-state index in [0.717, 1.165) is 13.5 Å². The summed E-state index contributed by atoms with van der Waals surface area (Å²) in [7, 11) is 1.00. The number of hydrogen-bond acceptors (Lipinski definition) is 1. The molecule has 0 amide bonds. The minimum atomic E-state index is 0. The van der Waals surface area contributed by atoms with Crippen molar-refractivity contribution >= 4 is 23.1 Å². The molecule has 0 bridgehead atoms. The van der Waals surface area contributed by atoms with Gasteiger partial charge in [0, 0.05) is 7.11 Å². The topological polar surface area (TPSA) is 20.2 Å². The molecule has 0 saturated carbocycles. The Morgan fingerprint density at radius 2 is 1.50 bits per heavy atom. The third kappa shape index (κ3) is 124. The van der Waals surface area contributed by atoms with Crippen LogP contribution in [0, 0.1) is 6.92 Å². The Labute approximate surface area is 55.9 Å². The molecule has 0 atom stereocenters. The van der Waals surface area contributed by atoms with Gasteiger partial charge in [0.25, 0.3) is 0 Å². The van der Waals surface area contributed by atoms with Gasteiger partial charge in [-0.15, -0.1) is 0 Å². The van der Waals surface area contributed by atoms with Gasteiger partial charge in [-0.05, 0) is 0 Å². The summed E-state index contributed by atoms with van der Waals surface area (Å²) in [6, 6.07) is 0. The summed E-state index contributed by atoms with van der Waals surface area (Å²) in [5, 5.41) is 7.00. The monoisotopic (exact) mass is 99.1 g/mol. The van der Waals surface area contributed by atoms with Gasteiger partial charge in [-0.1, -0.05) is 6.92 Å². The summed E-state index contributed by atoms with van der Waals surface area (Å²) in [5.41, 5.74) is 0. The van der Waals surface area contributed by atoms with Crippen molar-refractivity contribution < 1.29 is 5.11 Å². The summed E-state index contributed by atoms with van der Waals surface area (Å²) >= 11 is 0. The minimum Gasteiger partial charge on any atom is -0.400 e. The van der Waals surface area contributed by atoms with Gasteiger partial charge in [0.1, 0.15) is 0 Å². The second-order valence-electron chi connectivity index (χ2n) is 0.500. The van der Waals surface area contributed by atoms with Crippen LogP contribution in [0.3, 0.4) is 0 Å². The summed E-state index contributed by atoms with van der Waals surface area (Å²) in [5.74, 6) is 0. The van der Waals surface area contributed by atoms with Gasteiger partial charge in [0.05, 0.1) is 0 Å². The van der Waals surface area contributed by atoms with Crippen LogP contribution >= 0.6 is 0 Å². The smallest absolute Gasteiger partial charge is 0.400 e. The molecule has 0 aromatic rings. The molecule has 0 radical (unpaired) electrons. The first-order chi connectivity index (χ1) is 2.41. The van der Waals surface area contributed by atoms with Crippen molar-refractivity contribution in [3.05, 3.63) is 6.92 Å². The Hall–Kier alpha value is 0.726. The summed E-state index contributed by atoms with van der Waals surface area (Å²) in [4.78, 5) is 0. The number of hydrogen-bond donors (Lipinski definition) is 1. The van der Waals surface area contributed by atoms with Crippen LogP contribution in [0.4, 0.5) is 0 Å². The number of aliphatic hydroxyl groups is 1. The average molecular weight is 99.4 g/mol. The van der Waals surface area contributed by atoms with Crippen LogP contribution in [0.25, 0.3) is 0 Å². The van der Waals surface area contributed by atoms with E-state index in [-0.39, 0.29) is 23.1 Å². The molecule has 34 valence electrons. The van der Waals surface area contributed by atoms with E-state index in [0.29, 0.717) is 0 Å². The van der Waals surface area contributed by atoms with Gasteiger partial charge in [-0.3, -0.25) is 0 Å². The van der Waals surface area contributed by atoms with Crippen LogP contribution in [-0.4, -0.2) is 35.3 Å². The molecule has 0 aliphatic carbocycles. The van der Waals surface area contributed by atoms with Crippen molar-refractivity contribution in [3.8, 4) is 0 Å². The first-order valence-corrected chi connectivity index (χ1v) is 1.65. The number of aliphatic hydroxyl groups excluding tert-OH is 1. The molecule has 0 unspecified atom stereocenters. The van der Waals surface area contributed by atoms with Crippen molar-refractivity contribution in [2.45, 2.75) is 13.3 Å². The molecule has 1 N–H and O–H groups in total. The Balaban J connectivity index is -0.0000000275. The van der Waals surface area contributed by atoms with Gasteiger partial charge >= 0.3 is 23.1 Å². The van der Waals surface area contributed by atoms with E-state index in [2.05, 4.69) is 6.92 Å². The molecule has 0 saturated heterocycles. The van der Waals surface area contributed by atoms with Gasteiger partial charge < -0.3 is 12.0 Å². The summed E-state index contributed by atoms with van der Waals surface area (Å²) in [6.07, 6.45) is 1.00. The van der Waals surface area contributed by atoms with Crippen molar-refractivity contribution in [1.82, 2.24) is 0 Å². The van der Waals surface area contributed by atoms with E-state index in [9.17, 15) is 0 Å². The predicted molar refractivity (Wildman–Crippen MR) is 29.5 cm³/mol. The number of rotatable bonds is 0. The van der Waals surface area contributed by atoms with Gasteiger partial charge in [0.15, 0.2) is 0 Å². The average Bonchev–Trinajstić information content (AvgIpc) is 1.46. The van der Waals surface area contributed by atoms with Crippen molar-refractivity contribution in [3.63, 3.8) is 0 Å². The van der Waals surface area contributed by atoms with Gasteiger partial charge in [-0.25, -0.2) is 0 Å². The predicted octanol–water partition coefficient (Wildman–Crippen LogP) is 0.458. The van der Waals surface area contributed by atoms with Crippen LogP contribution in [-0.2, 0) is 0 Å². The largest absolute Gasteiger partial charge is 2.00 e. The maximum Gasteiger partial charge on any atom is 2.00 e. The molecular weight excluding hydrogens is 88.3 g/mol. The maximum absolute atomic E-state index is 7.00. The minimum absolute atomic E-state index is 0. The third-order valence-corrected chi connectivity index (χ3v) is 0. The first kappa shape index (κ1) is 15.9. The zero-order chi connectivity index (χ0) is 4.71. The molecule has 0 aliphatic heterocycles. The molecule has 0 heterocycles. The Bertz CT molecular complexity index is 7.51. The van der Waals surface area contributed by atoms with E-state index in [1.165, 1.54) is 0 Å². The summed E-state index contributed by atoms with van der Waals surface area (Å²) in [6.45, 7) is 5.50. The van der Waals surface area contributed by atoms with Crippen molar-refractivity contribution in [2.24, 2.45) is 0 Å². The van der Waals surface area contributed by atoms with Crippen LogP contribution < -0.4 is 0 Å². The molecule has 1 nitrogen and oxygen atoms in total. The van der Waals surface area contributed by atoms with E-state index in [1.54, 1.807) is 0 Å². The molecule has 0 rings (SSSR count). The van der Waals surface area contributed by atoms with Crippen molar-refractivity contribution in [2.75, 3.05) is 7.11 Å². The van der Waals surface area contributed by atoms with Gasteiger partial charge in [0.2, 0.25) is 0 Å². The maximum atomic E-state index is 7.00. The summed E-state index contributed by atoms with van der Waals surface area (Å²) < 4.78 is 0. The van der Waals surface area contributed by atoms with Gasteiger partial charge in [-0.2, -0.15) is 6.42 Å². The molecule has 0 fully saturated rings. The van der Waals surface area contributed by atoms with Crippen LogP contribution in [0.2, 0.25) is 0 Å². The third-order valence-electron chi connectivity index (χ3n) is 0. The molecular formula is C4H11MgO+. The molecule has 0 aromatic heterocycles. The SMILES string of the molecule is CO.[CH2-]CC.[Mg+2]. The normalized spacial score (nSPS) is 4.00. The second kappa shape index (κ2) is 42.9. The van der Waals surface area contributed by atoms with Crippen molar-refractivity contribution in [1.29, 1.82) is 0 Å². The van der Waals surface area contributed by atoms with Crippen LogP contribution in [0.15, 0.2) is 0 Å². The van der Waals surface area contributed by atoms with Crippen LogP contribution in [0.5, 0.6) is 0 Å². The van der Waals surface area contributed by atoms with E-state index in [1.807, 2.05) is 6.92 Å². The fraction of sp³-hybridized carbons (Fsp3) is 0.750. The standard InChI is InChI=1S/C3H7.CH4O.Mg/c1-3-2;1-2;/h1,3H2,2H3;2H,1H3;/q-1;;+2. The van der Waals surface area contributed by atoms with Crippen LogP contribution in [0.1, 0.15) is 13.3 Å². The molecule has 0 spiro atoms. The Morgan fingerprint density at radius 1 is 1.50 bits per heavy atom. The van der Waals surface area contributed by atoms with E-state index < -0.39 is 0 Å². The Kier molecular flexibility index (Phi) is 114. The fourth-order valence-electron chi connectivity index (χ4n) is 0.